The molecule has 0 aliphatic carbocycles. The van der Waals surface area contributed by atoms with Crippen LogP contribution < -0.4 is 10.6 Å². The number of ether oxygens (including phenoxy) is 1. The van der Waals surface area contributed by atoms with Gasteiger partial charge in [0.15, 0.2) is 5.11 Å². The van der Waals surface area contributed by atoms with Crippen LogP contribution in [0.1, 0.15) is 35.7 Å². The zero-order chi connectivity index (χ0) is 18.8. The summed E-state index contributed by atoms with van der Waals surface area (Å²) >= 11 is 5.16. The van der Waals surface area contributed by atoms with Gasteiger partial charge >= 0.3 is 5.97 Å². The van der Waals surface area contributed by atoms with E-state index < -0.39 is 0 Å². The van der Waals surface area contributed by atoms with Gasteiger partial charge in [0.1, 0.15) is 0 Å². The van der Waals surface area contributed by atoms with Crippen molar-refractivity contribution in [1.82, 2.24) is 5.32 Å². The minimum atomic E-state index is -0.381. The van der Waals surface area contributed by atoms with Crippen molar-refractivity contribution in [2.75, 3.05) is 11.9 Å². The molecule has 6 heteroatoms. The van der Waals surface area contributed by atoms with Gasteiger partial charge in [-0.3, -0.25) is 4.79 Å². The molecule has 2 N–H and O–H groups in total. The molecule has 0 saturated carbocycles. The molecule has 0 bridgehead atoms. The first kappa shape index (κ1) is 19.6. The SMILES string of the molecule is CCCOC(=O)c1cccc(NC(=S)NC(=O)CCc2ccccc2)c1. The number of esters is 1. The lowest BCUT2D eigenvalue weighted by molar-refractivity contribution is -0.119. The molecule has 0 spiro atoms. The summed E-state index contributed by atoms with van der Waals surface area (Å²) in [6.45, 7) is 2.32. The summed E-state index contributed by atoms with van der Waals surface area (Å²) in [4.78, 5) is 23.9. The van der Waals surface area contributed by atoms with E-state index in [2.05, 4.69) is 10.6 Å². The molecule has 136 valence electrons. The smallest absolute Gasteiger partial charge is 0.338 e. The number of carbonyl (C=O) groups is 2. The van der Waals surface area contributed by atoms with Crippen molar-refractivity contribution in [3.63, 3.8) is 0 Å². The van der Waals surface area contributed by atoms with Gasteiger partial charge in [0.05, 0.1) is 12.2 Å². The van der Waals surface area contributed by atoms with E-state index in [-0.39, 0.29) is 17.0 Å². The van der Waals surface area contributed by atoms with Crippen molar-refractivity contribution < 1.29 is 14.3 Å². The van der Waals surface area contributed by atoms with Crippen LogP contribution in [0.2, 0.25) is 0 Å². The fourth-order valence-corrected chi connectivity index (χ4v) is 2.49. The predicted molar refractivity (Wildman–Crippen MR) is 106 cm³/mol. The largest absolute Gasteiger partial charge is 0.462 e. The number of anilines is 1. The number of nitrogens with one attached hydrogen (secondary N) is 2. The first-order chi connectivity index (χ1) is 12.6. The Morgan fingerprint density at radius 3 is 2.58 bits per heavy atom. The lowest BCUT2D eigenvalue weighted by Gasteiger charge is -2.11. The molecule has 26 heavy (non-hydrogen) atoms. The van der Waals surface area contributed by atoms with Gasteiger partial charge in [-0.15, -0.1) is 0 Å². The zero-order valence-corrected chi connectivity index (χ0v) is 15.5. The second-order valence-corrected chi connectivity index (χ2v) is 6.11. The van der Waals surface area contributed by atoms with Crippen molar-refractivity contribution in [1.29, 1.82) is 0 Å². The average molecular weight is 370 g/mol. The number of rotatable bonds is 7. The van der Waals surface area contributed by atoms with Gasteiger partial charge in [-0.05, 0) is 48.8 Å². The monoisotopic (exact) mass is 370 g/mol. The molecule has 0 aliphatic rings. The van der Waals surface area contributed by atoms with E-state index in [1.165, 1.54) is 0 Å². The van der Waals surface area contributed by atoms with Crippen molar-refractivity contribution >= 4 is 34.9 Å². The Hall–Kier alpha value is -2.73. The number of hydrogen-bond acceptors (Lipinski definition) is 4. The highest BCUT2D eigenvalue weighted by Crippen LogP contribution is 2.12. The Kier molecular flexibility index (Phi) is 7.76. The molecule has 5 nitrogen and oxygen atoms in total. The highest BCUT2D eigenvalue weighted by atomic mass is 32.1. The van der Waals surface area contributed by atoms with E-state index >= 15 is 0 Å². The summed E-state index contributed by atoms with van der Waals surface area (Å²) in [5.74, 6) is -0.543. The fourth-order valence-electron chi connectivity index (χ4n) is 2.26. The molecule has 0 radical (unpaired) electrons. The van der Waals surface area contributed by atoms with E-state index in [9.17, 15) is 9.59 Å². The van der Waals surface area contributed by atoms with Crippen molar-refractivity contribution in [2.24, 2.45) is 0 Å². The molecule has 1 amide bonds. The third-order valence-corrected chi connectivity index (χ3v) is 3.73. The molecule has 0 unspecified atom stereocenters. The van der Waals surface area contributed by atoms with E-state index in [0.717, 1.165) is 12.0 Å². The molecule has 0 aromatic heterocycles. The summed E-state index contributed by atoms with van der Waals surface area (Å²) in [5.41, 5.74) is 2.14. The summed E-state index contributed by atoms with van der Waals surface area (Å²) in [5, 5.41) is 5.76. The van der Waals surface area contributed by atoms with Gasteiger partial charge in [0.25, 0.3) is 0 Å². The van der Waals surface area contributed by atoms with Crippen molar-refractivity contribution in [3.8, 4) is 0 Å². The first-order valence-corrected chi connectivity index (χ1v) is 8.91. The summed E-state index contributed by atoms with van der Waals surface area (Å²) < 4.78 is 5.11. The number of aryl methyl sites for hydroxylation is 1. The van der Waals surface area contributed by atoms with Crippen LogP contribution in [-0.4, -0.2) is 23.6 Å². The summed E-state index contributed by atoms with van der Waals surface area (Å²) in [7, 11) is 0. The van der Waals surface area contributed by atoms with Gasteiger partial charge in [-0.25, -0.2) is 4.79 Å². The lowest BCUT2D eigenvalue weighted by Crippen LogP contribution is -2.34. The lowest BCUT2D eigenvalue weighted by atomic mass is 10.1. The summed E-state index contributed by atoms with van der Waals surface area (Å²) in [6, 6.07) is 16.6. The van der Waals surface area contributed by atoms with Gasteiger partial charge in [0.2, 0.25) is 5.91 Å². The average Bonchev–Trinajstić information content (AvgIpc) is 2.65. The van der Waals surface area contributed by atoms with Gasteiger partial charge in [0, 0.05) is 12.1 Å². The van der Waals surface area contributed by atoms with E-state index in [0.29, 0.717) is 30.7 Å². The summed E-state index contributed by atoms with van der Waals surface area (Å²) in [6.07, 6.45) is 1.76. The molecule has 2 aromatic rings. The van der Waals surface area contributed by atoms with Crippen LogP contribution in [0.15, 0.2) is 54.6 Å². The molecule has 2 aromatic carbocycles. The molecule has 2 rings (SSSR count). The molecule has 0 atom stereocenters. The van der Waals surface area contributed by atoms with Gasteiger partial charge < -0.3 is 15.4 Å². The third kappa shape index (κ3) is 6.64. The van der Waals surface area contributed by atoms with Crippen LogP contribution in [0.25, 0.3) is 0 Å². The Morgan fingerprint density at radius 1 is 1.08 bits per heavy atom. The second-order valence-electron chi connectivity index (χ2n) is 5.70. The maximum Gasteiger partial charge on any atom is 0.338 e. The van der Waals surface area contributed by atoms with Gasteiger partial charge in [-0.1, -0.05) is 43.3 Å². The number of thiocarbonyl (C=S) groups is 1. The van der Waals surface area contributed by atoms with Crippen molar-refractivity contribution in [3.05, 3.63) is 65.7 Å². The maximum atomic E-state index is 12.0. The Bertz CT molecular complexity index is 763. The van der Waals surface area contributed by atoms with Crippen LogP contribution >= 0.6 is 12.2 Å². The standard InChI is InChI=1S/C20H22N2O3S/c1-2-13-25-19(24)16-9-6-10-17(14-16)21-20(26)22-18(23)12-11-15-7-4-3-5-8-15/h3-10,14H,2,11-13H2,1H3,(H2,21,22,23,26). The number of benzene rings is 2. The van der Waals surface area contributed by atoms with E-state index in [1.54, 1.807) is 24.3 Å². The quantitative estimate of drug-likeness (QED) is 0.575. The maximum absolute atomic E-state index is 12.0. The molecule has 0 saturated heterocycles. The van der Waals surface area contributed by atoms with E-state index in [4.69, 9.17) is 17.0 Å². The Morgan fingerprint density at radius 2 is 1.85 bits per heavy atom. The molecule has 0 aliphatic heterocycles. The van der Waals surface area contributed by atoms with Crippen LogP contribution in [0, 0.1) is 0 Å². The molecule has 0 fully saturated rings. The Labute approximate surface area is 158 Å². The predicted octanol–water partition coefficient (Wildman–Crippen LogP) is 3.70. The molecule has 0 heterocycles. The highest BCUT2D eigenvalue weighted by Gasteiger charge is 2.09. The minimum absolute atomic E-state index is 0.162. The van der Waals surface area contributed by atoms with Crippen molar-refractivity contribution in [2.45, 2.75) is 26.2 Å². The fraction of sp³-hybridized carbons (Fsp3) is 0.250. The van der Waals surface area contributed by atoms with Crippen LogP contribution in [0.3, 0.4) is 0 Å². The van der Waals surface area contributed by atoms with Crippen LogP contribution in [-0.2, 0) is 16.0 Å². The zero-order valence-electron chi connectivity index (χ0n) is 14.7. The Balaban J connectivity index is 1.83. The number of amides is 1. The minimum Gasteiger partial charge on any atom is -0.462 e. The number of hydrogen-bond donors (Lipinski definition) is 2. The molecular weight excluding hydrogens is 348 g/mol. The van der Waals surface area contributed by atoms with Crippen LogP contribution in [0.5, 0.6) is 0 Å². The second kappa shape index (κ2) is 10.3. The van der Waals surface area contributed by atoms with E-state index in [1.807, 2.05) is 37.3 Å². The van der Waals surface area contributed by atoms with Gasteiger partial charge in [-0.2, -0.15) is 0 Å². The van der Waals surface area contributed by atoms with Crippen LogP contribution in [0.4, 0.5) is 5.69 Å². The number of carbonyl (C=O) groups excluding carboxylic acids is 2. The normalized spacial score (nSPS) is 10.0. The highest BCUT2D eigenvalue weighted by molar-refractivity contribution is 7.80. The third-order valence-electron chi connectivity index (χ3n) is 3.53. The first-order valence-electron chi connectivity index (χ1n) is 8.50. The topological polar surface area (TPSA) is 67.4 Å². The molecular formula is C20H22N2O3S.